The van der Waals surface area contributed by atoms with Gasteiger partial charge in [-0.2, -0.15) is 0 Å². The Balaban J connectivity index is 1.96. The van der Waals surface area contributed by atoms with Crippen LogP contribution in [-0.4, -0.2) is 45.2 Å². The average Bonchev–Trinajstić information content (AvgIpc) is 2.77. The molecule has 0 fully saturated rings. The second kappa shape index (κ2) is 12.5. The number of benzene rings is 2. The average molecular weight is 457 g/mol. The predicted octanol–water partition coefficient (Wildman–Crippen LogP) is 5.30. The molecule has 0 aliphatic carbocycles. The minimum atomic E-state index is -0.548. The van der Waals surface area contributed by atoms with Gasteiger partial charge in [0.15, 0.2) is 0 Å². The van der Waals surface area contributed by atoms with Gasteiger partial charge in [0.05, 0.1) is 12.9 Å². The number of methoxy groups -OCH3 is 1. The molecule has 33 heavy (non-hydrogen) atoms. The summed E-state index contributed by atoms with van der Waals surface area (Å²) in [4.78, 5) is 23.8. The number of amides is 2. The fourth-order valence-electron chi connectivity index (χ4n) is 3.13. The molecule has 0 aromatic heterocycles. The van der Waals surface area contributed by atoms with Gasteiger partial charge in [0.2, 0.25) is 0 Å². The van der Waals surface area contributed by atoms with Gasteiger partial charge in [-0.1, -0.05) is 44.7 Å². The third-order valence-electron chi connectivity index (χ3n) is 4.97. The van der Waals surface area contributed by atoms with Crippen molar-refractivity contribution in [3.8, 4) is 0 Å². The highest BCUT2D eigenvalue weighted by atomic mass is 16.6. The molecule has 1 unspecified atom stereocenters. The molecule has 0 saturated heterocycles. The normalized spacial score (nSPS) is 11.8. The van der Waals surface area contributed by atoms with Crippen LogP contribution in [0.5, 0.6) is 0 Å². The molecule has 0 radical (unpaired) electrons. The minimum absolute atomic E-state index is 0.137. The molecule has 0 bridgehead atoms. The van der Waals surface area contributed by atoms with Crippen LogP contribution >= 0.6 is 0 Å². The zero-order valence-electron chi connectivity index (χ0n) is 19.6. The Labute approximate surface area is 194 Å². The number of carbonyl (C=O) groups is 2. The fraction of sp³-hybridized carbons (Fsp3) is 0.360. The van der Waals surface area contributed by atoms with Crippen molar-refractivity contribution in [3.05, 3.63) is 72.5 Å². The van der Waals surface area contributed by atoms with E-state index >= 15 is 0 Å². The number of anilines is 2. The van der Waals surface area contributed by atoms with Crippen LogP contribution in [0, 0.1) is 0 Å². The summed E-state index contributed by atoms with van der Waals surface area (Å²) in [5.41, 5.74) is 3.10. The predicted molar refractivity (Wildman–Crippen MR) is 128 cm³/mol. The van der Waals surface area contributed by atoms with Gasteiger partial charge >= 0.3 is 12.2 Å². The Hall–Kier alpha value is -3.52. The molecule has 0 heterocycles. The first kappa shape index (κ1) is 25.7. The highest BCUT2D eigenvalue weighted by Crippen LogP contribution is 2.32. The molecule has 0 aliphatic rings. The lowest BCUT2D eigenvalue weighted by atomic mass is 9.78. The molecular weight excluding hydrogens is 424 g/mol. The van der Waals surface area contributed by atoms with Crippen LogP contribution in [0.3, 0.4) is 0 Å². The summed E-state index contributed by atoms with van der Waals surface area (Å²) < 4.78 is 20.1. The fourth-order valence-corrected chi connectivity index (χ4v) is 3.13. The van der Waals surface area contributed by atoms with E-state index in [2.05, 4.69) is 31.1 Å². The molecule has 8 heteroatoms. The molecule has 8 nitrogen and oxygen atoms in total. The van der Waals surface area contributed by atoms with Crippen molar-refractivity contribution < 1.29 is 28.5 Å². The molecule has 0 spiro atoms. The molecule has 2 amide bonds. The SMILES string of the molecule is C=COCCOC(=O)Nc1ccc(C(C)(C)c2ccc(NC(=O)OC(C)COC)cc2)cc1. The number of rotatable bonds is 11. The van der Waals surface area contributed by atoms with Gasteiger partial charge in [-0.3, -0.25) is 10.6 Å². The Morgan fingerprint density at radius 1 is 0.939 bits per heavy atom. The van der Waals surface area contributed by atoms with E-state index in [1.807, 2.05) is 48.5 Å². The molecule has 0 aliphatic heterocycles. The second-order valence-corrected chi connectivity index (χ2v) is 7.87. The summed E-state index contributed by atoms with van der Waals surface area (Å²) in [5, 5.41) is 5.40. The Kier molecular flexibility index (Phi) is 9.75. The van der Waals surface area contributed by atoms with E-state index in [-0.39, 0.29) is 24.7 Å². The van der Waals surface area contributed by atoms with Crippen molar-refractivity contribution in [2.45, 2.75) is 32.3 Å². The van der Waals surface area contributed by atoms with E-state index in [4.69, 9.17) is 18.9 Å². The van der Waals surface area contributed by atoms with Crippen LogP contribution in [0.25, 0.3) is 0 Å². The first-order valence-electron chi connectivity index (χ1n) is 10.6. The molecule has 0 saturated carbocycles. The third-order valence-corrected chi connectivity index (χ3v) is 4.97. The van der Waals surface area contributed by atoms with Crippen molar-refractivity contribution in [1.29, 1.82) is 0 Å². The van der Waals surface area contributed by atoms with Gasteiger partial charge in [-0.05, 0) is 42.3 Å². The van der Waals surface area contributed by atoms with Crippen LogP contribution in [0.4, 0.5) is 21.0 Å². The Bertz CT molecular complexity index is 909. The molecule has 2 aromatic carbocycles. The van der Waals surface area contributed by atoms with Crippen molar-refractivity contribution in [3.63, 3.8) is 0 Å². The molecule has 2 N–H and O–H groups in total. The third kappa shape index (κ3) is 8.16. The van der Waals surface area contributed by atoms with Crippen molar-refractivity contribution in [2.75, 3.05) is 37.6 Å². The lowest BCUT2D eigenvalue weighted by molar-refractivity contribution is 0.0564. The van der Waals surface area contributed by atoms with Gasteiger partial charge < -0.3 is 18.9 Å². The molecular formula is C25H32N2O6. The van der Waals surface area contributed by atoms with Crippen LogP contribution < -0.4 is 10.6 Å². The highest BCUT2D eigenvalue weighted by molar-refractivity contribution is 5.85. The molecule has 2 rings (SSSR count). The molecule has 2 aromatic rings. The van der Waals surface area contributed by atoms with Crippen LogP contribution in [0.2, 0.25) is 0 Å². The van der Waals surface area contributed by atoms with Crippen molar-refractivity contribution in [2.24, 2.45) is 0 Å². The number of carbonyl (C=O) groups excluding carboxylic acids is 2. The maximum atomic E-state index is 12.0. The van der Waals surface area contributed by atoms with E-state index < -0.39 is 12.2 Å². The number of hydrogen-bond donors (Lipinski definition) is 2. The smallest absolute Gasteiger partial charge is 0.411 e. The lowest BCUT2D eigenvalue weighted by Crippen LogP contribution is -2.23. The molecule has 178 valence electrons. The monoisotopic (exact) mass is 456 g/mol. The number of hydrogen-bond acceptors (Lipinski definition) is 6. The first-order valence-corrected chi connectivity index (χ1v) is 10.6. The number of ether oxygens (including phenoxy) is 4. The van der Waals surface area contributed by atoms with E-state index in [9.17, 15) is 9.59 Å². The van der Waals surface area contributed by atoms with Crippen LogP contribution in [-0.2, 0) is 24.4 Å². The van der Waals surface area contributed by atoms with E-state index in [0.717, 1.165) is 11.1 Å². The van der Waals surface area contributed by atoms with Gasteiger partial charge in [0, 0.05) is 23.9 Å². The summed E-state index contributed by atoms with van der Waals surface area (Å²) in [5.74, 6) is 0. The quantitative estimate of drug-likeness (QED) is 0.352. The van der Waals surface area contributed by atoms with E-state index in [1.54, 1.807) is 14.0 Å². The summed E-state index contributed by atoms with van der Waals surface area (Å²) in [6, 6.07) is 15.2. The highest BCUT2D eigenvalue weighted by Gasteiger charge is 2.23. The van der Waals surface area contributed by atoms with Crippen LogP contribution in [0.1, 0.15) is 31.9 Å². The van der Waals surface area contributed by atoms with Gasteiger partial charge in [0.1, 0.15) is 19.3 Å². The van der Waals surface area contributed by atoms with Crippen LogP contribution in [0.15, 0.2) is 61.4 Å². The largest absolute Gasteiger partial charge is 0.498 e. The maximum absolute atomic E-state index is 12.0. The van der Waals surface area contributed by atoms with Gasteiger partial charge in [-0.25, -0.2) is 9.59 Å². The Morgan fingerprint density at radius 2 is 1.45 bits per heavy atom. The standard InChI is InChI=1S/C25H32N2O6/c1-6-31-15-16-32-23(28)26-21-11-7-19(8-12-21)25(3,4)20-9-13-22(14-10-20)27-24(29)33-18(2)17-30-5/h6-14,18H,1,15-17H2,2-5H3,(H,26,28)(H,27,29). The second-order valence-electron chi connectivity index (χ2n) is 7.87. The summed E-state index contributed by atoms with van der Waals surface area (Å²) >= 11 is 0. The molecule has 1 atom stereocenters. The first-order chi connectivity index (χ1) is 15.8. The summed E-state index contributed by atoms with van der Waals surface area (Å²) in [6.07, 6.45) is -0.113. The van der Waals surface area contributed by atoms with E-state index in [1.165, 1.54) is 6.26 Å². The van der Waals surface area contributed by atoms with Gasteiger partial charge in [0.25, 0.3) is 0 Å². The summed E-state index contributed by atoms with van der Waals surface area (Å²) in [6.45, 7) is 10.1. The van der Waals surface area contributed by atoms with Crippen molar-refractivity contribution >= 4 is 23.6 Å². The number of nitrogens with one attached hydrogen (secondary N) is 2. The Morgan fingerprint density at radius 3 is 1.94 bits per heavy atom. The lowest BCUT2D eigenvalue weighted by Gasteiger charge is -2.26. The summed E-state index contributed by atoms with van der Waals surface area (Å²) in [7, 11) is 1.55. The maximum Gasteiger partial charge on any atom is 0.411 e. The van der Waals surface area contributed by atoms with Gasteiger partial charge in [-0.15, -0.1) is 0 Å². The zero-order chi connectivity index (χ0) is 24.3. The topological polar surface area (TPSA) is 95.1 Å². The van der Waals surface area contributed by atoms with E-state index in [0.29, 0.717) is 18.0 Å². The minimum Gasteiger partial charge on any atom is -0.498 e. The van der Waals surface area contributed by atoms with Crippen molar-refractivity contribution in [1.82, 2.24) is 0 Å². The zero-order valence-corrected chi connectivity index (χ0v) is 19.6.